The minimum atomic E-state index is -0.413. The molecule has 0 spiro atoms. The van der Waals surface area contributed by atoms with Crippen LogP contribution in [0.2, 0.25) is 4.34 Å². The zero-order valence-electron chi connectivity index (χ0n) is 11.2. The standard InChI is InChI=1S/C13H20ClNO2S/c1-9(10-5-6-11(14)18-10)15-8-7-12(16)17-13(2,3)4/h5-6,9,15H,7-8H2,1-4H3. The summed E-state index contributed by atoms with van der Waals surface area (Å²) >= 11 is 7.43. The zero-order valence-corrected chi connectivity index (χ0v) is 12.8. The first-order chi connectivity index (χ1) is 8.28. The number of halogens is 1. The molecule has 0 radical (unpaired) electrons. The first kappa shape index (κ1) is 15.5. The van der Waals surface area contributed by atoms with Crippen LogP contribution in [0.3, 0.4) is 0 Å². The fourth-order valence-corrected chi connectivity index (χ4v) is 2.53. The molecule has 0 bridgehead atoms. The summed E-state index contributed by atoms with van der Waals surface area (Å²) in [5, 5.41) is 3.28. The Kier molecular flexibility index (Phi) is 5.63. The summed E-state index contributed by atoms with van der Waals surface area (Å²) in [5.41, 5.74) is -0.413. The number of carbonyl (C=O) groups is 1. The lowest BCUT2D eigenvalue weighted by Crippen LogP contribution is -2.27. The fourth-order valence-electron chi connectivity index (χ4n) is 1.44. The van der Waals surface area contributed by atoms with Gasteiger partial charge in [0.2, 0.25) is 0 Å². The minimum Gasteiger partial charge on any atom is -0.460 e. The summed E-state index contributed by atoms with van der Waals surface area (Å²) < 4.78 is 6.02. The first-order valence-corrected chi connectivity index (χ1v) is 7.18. The van der Waals surface area contributed by atoms with Gasteiger partial charge in [-0.1, -0.05) is 11.6 Å². The Morgan fingerprint density at radius 2 is 2.17 bits per heavy atom. The maximum Gasteiger partial charge on any atom is 0.307 e. The van der Waals surface area contributed by atoms with E-state index in [1.54, 1.807) is 11.3 Å². The summed E-state index contributed by atoms with van der Waals surface area (Å²) in [6.45, 7) is 8.26. The lowest BCUT2D eigenvalue weighted by Gasteiger charge is -2.20. The second kappa shape index (κ2) is 6.55. The highest BCUT2D eigenvalue weighted by atomic mass is 35.5. The quantitative estimate of drug-likeness (QED) is 0.838. The molecular formula is C13H20ClNO2S. The van der Waals surface area contributed by atoms with E-state index >= 15 is 0 Å². The molecule has 1 N–H and O–H groups in total. The maximum absolute atomic E-state index is 11.5. The molecule has 0 aliphatic carbocycles. The molecular weight excluding hydrogens is 270 g/mol. The van der Waals surface area contributed by atoms with Gasteiger partial charge in [-0.2, -0.15) is 0 Å². The van der Waals surface area contributed by atoms with Crippen molar-refractivity contribution in [1.29, 1.82) is 0 Å². The molecule has 18 heavy (non-hydrogen) atoms. The lowest BCUT2D eigenvalue weighted by atomic mass is 10.2. The minimum absolute atomic E-state index is 0.175. The zero-order chi connectivity index (χ0) is 13.8. The number of carbonyl (C=O) groups excluding carboxylic acids is 1. The number of nitrogens with one attached hydrogen (secondary N) is 1. The predicted octanol–water partition coefficient (Wildman–Crippen LogP) is 3.78. The van der Waals surface area contributed by atoms with Gasteiger partial charge >= 0.3 is 5.97 Å². The average molecular weight is 290 g/mol. The van der Waals surface area contributed by atoms with E-state index in [0.717, 1.165) is 4.34 Å². The van der Waals surface area contributed by atoms with Gasteiger partial charge in [0.15, 0.2) is 0 Å². The fraction of sp³-hybridized carbons (Fsp3) is 0.615. The molecule has 1 heterocycles. The monoisotopic (exact) mass is 289 g/mol. The van der Waals surface area contributed by atoms with E-state index in [1.165, 1.54) is 4.88 Å². The van der Waals surface area contributed by atoms with E-state index in [0.29, 0.717) is 13.0 Å². The Bertz CT molecular complexity index is 398. The summed E-state index contributed by atoms with van der Waals surface area (Å²) in [5.74, 6) is -0.175. The third-order valence-corrected chi connectivity index (χ3v) is 3.63. The molecule has 1 unspecified atom stereocenters. The van der Waals surface area contributed by atoms with Crippen molar-refractivity contribution in [2.75, 3.05) is 6.54 Å². The van der Waals surface area contributed by atoms with Gasteiger partial charge in [0.05, 0.1) is 10.8 Å². The predicted molar refractivity (Wildman–Crippen MR) is 76.2 cm³/mol. The molecule has 102 valence electrons. The average Bonchev–Trinajstić information content (AvgIpc) is 2.62. The van der Waals surface area contributed by atoms with Gasteiger partial charge in [-0.15, -0.1) is 11.3 Å². The van der Waals surface area contributed by atoms with Crippen LogP contribution in [0.5, 0.6) is 0 Å². The number of ether oxygens (including phenoxy) is 1. The van der Waals surface area contributed by atoms with E-state index < -0.39 is 5.60 Å². The molecule has 1 aromatic heterocycles. The van der Waals surface area contributed by atoms with Crippen molar-refractivity contribution >= 4 is 28.9 Å². The van der Waals surface area contributed by atoms with Crippen LogP contribution in [0.25, 0.3) is 0 Å². The Hall–Kier alpha value is -0.580. The molecule has 5 heteroatoms. The Labute approximate surface area is 117 Å². The van der Waals surface area contributed by atoms with Gasteiger partial charge in [0.1, 0.15) is 5.60 Å². The Balaban J connectivity index is 2.27. The van der Waals surface area contributed by atoms with Crippen LogP contribution >= 0.6 is 22.9 Å². The molecule has 0 fully saturated rings. The van der Waals surface area contributed by atoms with Crippen LogP contribution in [0.4, 0.5) is 0 Å². The molecule has 0 aliphatic rings. The molecule has 1 rings (SSSR count). The number of esters is 1. The highest BCUT2D eigenvalue weighted by Crippen LogP contribution is 2.26. The molecule has 0 amide bonds. The molecule has 0 aromatic carbocycles. The third-order valence-electron chi connectivity index (χ3n) is 2.22. The number of hydrogen-bond acceptors (Lipinski definition) is 4. The van der Waals surface area contributed by atoms with E-state index in [9.17, 15) is 4.79 Å². The highest BCUT2D eigenvalue weighted by Gasteiger charge is 2.16. The van der Waals surface area contributed by atoms with E-state index in [-0.39, 0.29) is 12.0 Å². The van der Waals surface area contributed by atoms with Crippen molar-refractivity contribution in [2.45, 2.75) is 45.8 Å². The number of hydrogen-bond donors (Lipinski definition) is 1. The van der Waals surface area contributed by atoms with Crippen molar-refractivity contribution in [3.63, 3.8) is 0 Å². The van der Waals surface area contributed by atoms with Gasteiger partial charge in [-0.3, -0.25) is 4.79 Å². The summed E-state index contributed by atoms with van der Waals surface area (Å²) in [7, 11) is 0. The summed E-state index contributed by atoms with van der Waals surface area (Å²) in [6.07, 6.45) is 0.376. The SMILES string of the molecule is CC(NCCC(=O)OC(C)(C)C)c1ccc(Cl)s1. The molecule has 1 atom stereocenters. The third kappa shape index (κ3) is 5.85. The van der Waals surface area contributed by atoms with Crippen LogP contribution < -0.4 is 5.32 Å². The molecule has 1 aromatic rings. The molecule has 0 aliphatic heterocycles. The number of thiophene rings is 1. The van der Waals surface area contributed by atoms with Crippen molar-refractivity contribution in [3.05, 3.63) is 21.3 Å². The van der Waals surface area contributed by atoms with E-state index in [2.05, 4.69) is 12.2 Å². The van der Waals surface area contributed by atoms with E-state index in [1.807, 2.05) is 32.9 Å². The summed E-state index contributed by atoms with van der Waals surface area (Å²) in [6, 6.07) is 4.08. The van der Waals surface area contributed by atoms with E-state index in [4.69, 9.17) is 16.3 Å². The van der Waals surface area contributed by atoms with Crippen LogP contribution in [0.15, 0.2) is 12.1 Å². The number of rotatable bonds is 5. The molecule has 0 saturated carbocycles. The van der Waals surface area contributed by atoms with Gasteiger partial charge in [-0.05, 0) is 39.8 Å². The van der Waals surface area contributed by atoms with Gasteiger partial charge < -0.3 is 10.1 Å². The second-order valence-corrected chi connectivity index (χ2v) is 6.90. The van der Waals surface area contributed by atoms with Crippen LogP contribution in [0.1, 0.15) is 45.0 Å². The highest BCUT2D eigenvalue weighted by molar-refractivity contribution is 7.16. The lowest BCUT2D eigenvalue weighted by molar-refractivity contribution is -0.154. The molecule has 0 saturated heterocycles. The van der Waals surface area contributed by atoms with Crippen molar-refractivity contribution < 1.29 is 9.53 Å². The van der Waals surface area contributed by atoms with Crippen molar-refractivity contribution in [1.82, 2.24) is 5.32 Å². The van der Waals surface area contributed by atoms with Crippen LogP contribution in [-0.2, 0) is 9.53 Å². The smallest absolute Gasteiger partial charge is 0.307 e. The second-order valence-electron chi connectivity index (χ2n) is 5.15. The van der Waals surface area contributed by atoms with Gasteiger partial charge in [0.25, 0.3) is 0 Å². The maximum atomic E-state index is 11.5. The largest absolute Gasteiger partial charge is 0.460 e. The topological polar surface area (TPSA) is 38.3 Å². The van der Waals surface area contributed by atoms with Gasteiger partial charge in [0, 0.05) is 17.5 Å². The van der Waals surface area contributed by atoms with Crippen LogP contribution in [-0.4, -0.2) is 18.1 Å². The van der Waals surface area contributed by atoms with Crippen molar-refractivity contribution in [2.24, 2.45) is 0 Å². The van der Waals surface area contributed by atoms with Gasteiger partial charge in [-0.25, -0.2) is 0 Å². The normalized spacial score (nSPS) is 13.4. The van der Waals surface area contributed by atoms with Crippen LogP contribution in [0, 0.1) is 0 Å². The molecule has 3 nitrogen and oxygen atoms in total. The first-order valence-electron chi connectivity index (χ1n) is 5.98. The Morgan fingerprint density at radius 1 is 1.50 bits per heavy atom. The van der Waals surface area contributed by atoms with Crippen molar-refractivity contribution in [3.8, 4) is 0 Å². The summed E-state index contributed by atoms with van der Waals surface area (Å²) in [4.78, 5) is 12.7. The Morgan fingerprint density at radius 3 is 2.67 bits per heavy atom.